The first-order chi connectivity index (χ1) is 7.27. The summed E-state index contributed by atoms with van der Waals surface area (Å²) < 4.78 is 0. The summed E-state index contributed by atoms with van der Waals surface area (Å²) in [5.74, 6) is 0.914. The SMILES string of the molecule is CC1C(=O)NCCN1CC1CCCNC1. The minimum absolute atomic E-state index is 0.0562. The number of piperazine rings is 1. The highest BCUT2D eigenvalue weighted by molar-refractivity contribution is 5.81. The van der Waals surface area contributed by atoms with Gasteiger partial charge < -0.3 is 10.6 Å². The van der Waals surface area contributed by atoms with Crippen LogP contribution in [0.15, 0.2) is 0 Å². The van der Waals surface area contributed by atoms with Gasteiger partial charge in [-0.15, -0.1) is 0 Å². The lowest BCUT2D eigenvalue weighted by Crippen LogP contribution is -2.55. The second kappa shape index (κ2) is 4.94. The van der Waals surface area contributed by atoms with E-state index >= 15 is 0 Å². The average molecular weight is 211 g/mol. The molecule has 4 nitrogen and oxygen atoms in total. The Hall–Kier alpha value is -0.610. The predicted octanol–water partition coefficient (Wildman–Crippen LogP) is -0.194. The van der Waals surface area contributed by atoms with Gasteiger partial charge in [0.25, 0.3) is 0 Å². The molecule has 0 radical (unpaired) electrons. The van der Waals surface area contributed by atoms with Crippen LogP contribution in [0.5, 0.6) is 0 Å². The van der Waals surface area contributed by atoms with Gasteiger partial charge in [-0.2, -0.15) is 0 Å². The summed E-state index contributed by atoms with van der Waals surface area (Å²) in [6, 6.07) is 0.0562. The van der Waals surface area contributed by atoms with E-state index < -0.39 is 0 Å². The zero-order chi connectivity index (χ0) is 10.7. The van der Waals surface area contributed by atoms with E-state index in [2.05, 4.69) is 15.5 Å². The summed E-state index contributed by atoms with van der Waals surface area (Å²) >= 11 is 0. The number of nitrogens with zero attached hydrogens (tertiary/aromatic N) is 1. The zero-order valence-corrected chi connectivity index (χ0v) is 9.46. The van der Waals surface area contributed by atoms with Gasteiger partial charge in [0, 0.05) is 19.6 Å². The molecule has 0 bridgehead atoms. The van der Waals surface area contributed by atoms with Crippen molar-refractivity contribution in [1.29, 1.82) is 0 Å². The molecule has 0 aromatic rings. The highest BCUT2D eigenvalue weighted by atomic mass is 16.2. The van der Waals surface area contributed by atoms with Gasteiger partial charge in [-0.05, 0) is 38.8 Å². The third kappa shape index (κ3) is 2.69. The molecule has 15 heavy (non-hydrogen) atoms. The number of carbonyl (C=O) groups excluding carboxylic acids is 1. The van der Waals surface area contributed by atoms with Gasteiger partial charge in [0.1, 0.15) is 0 Å². The second-order valence-corrected chi connectivity index (χ2v) is 4.67. The maximum absolute atomic E-state index is 11.5. The Morgan fingerprint density at radius 3 is 3.07 bits per heavy atom. The molecular formula is C11H21N3O. The first-order valence-electron chi connectivity index (χ1n) is 6.00. The Balaban J connectivity index is 1.84. The van der Waals surface area contributed by atoms with Crippen molar-refractivity contribution in [2.45, 2.75) is 25.8 Å². The third-order valence-corrected chi connectivity index (χ3v) is 3.52. The minimum Gasteiger partial charge on any atom is -0.353 e. The Morgan fingerprint density at radius 1 is 1.47 bits per heavy atom. The van der Waals surface area contributed by atoms with E-state index in [1.807, 2.05) is 6.92 Å². The summed E-state index contributed by atoms with van der Waals surface area (Å²) in [5, 5.41) is 6.33. The number of rotatable bonds is 2. The van der Waals surface area contributed by atoms with E-state index in [9.17, 15) is 4.79 Å². The molecule has 2 atom stereocenters. The number of nitrogens with one attached hydrogen (secondary N) is 2. The van der Waals surface area contributed by atoms with Crippen LogP contribution in [-0.2, 0) is 4.79 Å². The van der Waals surface area contributed by atoms with Gasteiger partial charge in [0.2, 0.25) is 5.91 Å². The molecule has 2 fully saturated rings. The number of amides is 1. The van der Waals surface area contributed by atoms with Crippen LogP contribution in [-0.4, -0.2) is 49.6 Å². The first-order valence-corrected chi connectivity index (χ1v) is 6.00. The van der Waals surface area contributed by atoms with Crippen LogP contribution in [0.2, 0.25) is 0 Å². The van der Waals surface area contributed by atoms with Crippen molar-refractivity contribution in [1.82, 2.24) is 15.5 Å². The molecule has 2 aliphatic heterocycles. The first kappa shape index (κ1) is 10.9. The molecule has 4 heteroatoms. The van der Waals surface area contributed by atoms with E-state index in [1.165, 1.54) is 12.8 Å². The molecule has 1 amide bonds. The molecule has 0 saturated carbocycles. The summed E-state index contributed by atoms with van der Waals surface area (Å²) in [4.78, 5) is 13.8. The Bertz CT molecular complexity index is 226. The fourth-order valence-corrected chi connectivity index (χ4v) is 2.49. The lowest BCUT2D eigenvalue weighted by Gasteiger charge is -2.36. The fraction of sp³-hybridized carbons (Fsp3) is 0.909. The van der Waals surface area contributed by atoms with Gasteiger partial charge in [0.05, 0.1) is 6.04 Å². The Morgan fingerprint density at radius 2 is 2.33 bits per heavy atom. The quantitative estimate of drug-likeness (QED) is 0.665. The van der Waals surface area contributed by atoms with Crippen molar-refractivity contribution in [3.63, 3.8) is 0 Å². The molecule has 2 saturated heterocycles. The van der Waals surface area contributed by atoms with E-state index in [1.54, 1.807) is 0 Å². The maximum atomic E-state index is 11.5. The van der Waals surface area contributed by atoms with E-state index in [0.717, 1.165) is 38.6 Å². The molecule has 0 aliphatic carbocycles. The highest BCUT2D eigenvalue weighted by Gasteiger charge is 2.27. The average Bonchev–Trinajstić information content (AvgIpc) is 2.26. The molecule has 2 unspecified atom stereocenters. The van der Waals surface area contributed by atoms with E-state index in [4.69, 9.17) is 0 Å². The number of carbonyl (C=O) groups is 1. The molecule has 0 aromatic heterocycles. The predicted molar refractivity (Wildman–Crippen MR) is 59.6 cm³/mol. The zero-order valence-electron chi connectivity index (χ0n) is 9.46. The normalized spacial score (nSPS) is 33.8. The summed E-state index contributed by atoms with van der Waals surface area (Å²) in [6.07, 6.45) is 2.58. The lowest BCUT2D eigenvalue weighted by atomic mass is 9.98. The fourth-order valence-electron chi connectivity index (χ4n) is 2.49. The molecule has 2 heterocycles. The maximum Gasteiger partial charge on any atom is 0.237 e. The van der Waals surface area contributed by atoms with Crippen molar-refractivity contribution in [2.75, 3.05) is 32.7 Å². The van der Waals surface area contributed by atoms with Gasteiger partial charge in [-0.25, -0.2) is 0 Å². The molecule has 86 valence electrons. The smallest absolute Gasteiger partial charge is 0.237 e. The van der Waals surface area contributed by atoms with Crippen molar-refractivity contribution in [2.24, 2.45) is 5.92 Å². The molecule has 0 spiro atoms. The summed E-state index contributed by atoms with van der Waals surface area (Å²) in [7, 11) is 0. The van der Waals surface area contributed by atoms with Crippen molar-refractivity contribution in [3.8, 4) is 0 Å². The number of hydrogen-bond acceptors (Lipinski definition) is 3. The monoisotopic (exact) mass is 211 g/mol. The van der Waals surface area contributed by atoms with Gasteiger partial charge in [-0.3, -0.25) is 9.69 Å². The van der Waals surface area contributed by atoms with Crippen LogP contribution in [0.4, 0.5) is 0 Å². The van der Waals surface area contributed by atoms with Crippen molar-refractivity contribution in [3.05, 3.63) is 0 Å². The summed E-state index contributed by atoms with van der Waals surface area (Å²) in [6.45, 7) is 7.16. The van der Waals surface area contributed by atoms with Crippen LogP contribution in [0.25, 0.3) is 0 Å². The highest BCUT2D eigenvalue weighted by Crippen LogP contribution is 2.14. The number of hydrogen-bond donors (Lipinski definition) is 2. The van der Waals surface area contributed by atoms with Crippen LogP contribution in [0.1, 0.15) is 19.8 Å². The molecule has 2 rings (SSSR count). The molecule has 0 aromatic carbocycles. The molecule has 2 aliphatic rings. The number of piperidine rings is 1. The second-order valence-electron chi connectivity index (χ2n) is 4.67. The van der Waals surface area contributed by atoms with Crippen molar-refractivity contribution >= 4 is 5.91 Å². The topological polar surface area (TPSA) is 44.4 Å². The lowest BCUT2D eigenvalue weighted by molar-refractivity contribution is -0.128. The van der Waals surface area contributed by atoms with Crippen molar-refractivity contribution < 1.29 is 4.79 Å². The molecule has 2 N–H and O–H groups in total. The van der Waals surface area contributed by atoms with Crippen LogP contribution in [0, 0.1) is 5.92 Å². The van der Waals surface area contributed by atoms with Gasteiger partial charge in [0.15, 0.2) is 0 Å². The standard InChI is InChI=1S/C11H21N3O/c1-9-11(15)13-5-6-14(9)8-10-3-2-4-12-7-10/h9-10,12H,2-8H2,1H3,(H,13,15). The van der Waals surface area contributed by atoms with Crippen LogP contribution < -0.4 is 10.6 Å². The molecular weight excluding hydrogens is 190 g/mol. The largest absolute Gasteiger partial charge is 0.353 e. The Labute approximate surface area is 91.4 Å². The van der Waals surface area contributed by atoms with Crippen LogP contribution >= 0.6 is 0 Å². The summed E-state index contributed by atoms with van der Waals surface area (Å²) in [5.41, 5.74) is 0. The van der Waals surface area contributed by atoms with E-state index in [-0.39, 0.29) is 11.9 Å². The van der Waals surface area contributed by atoms with Gasteiger partial charge in [-0.1, -0.05) is 0 Å². The third-order valence-electron chi connectivity index (χ3n) is 3.52. The van der Waals surface area contributed by atoms with Gasteiger partial charge >= 0.3 is 0 Å². The Kier molecular flexibility index (Phi) is 3.59. The minimum atomic E-state index is 0.0562. The van der Waals surface area contributed by atoms with Crippen LogP contribution in [0.3, 0.4) is 0 Å². The van der Waals surface area contributed by atoms with E-state index in [0.29, 0.717) is 0 Å².